The summed E-state index contributed by atoms with van der Waals surface area (Å²) in [7, 11) is 0. The third kappa shape index (κ3) is 2.92. The molecule has 0 fully saturated rings. The summed E-state index contributed by atoms with van der Waals surface area (Å²) in [5, 5.41) is 9.33. The molecule has 0 heterocycles. The fourth-order valence-corrected chi connectivity index (χ4v) is 2.60. The van der Waals surface area contributed by atoms with E-state index in [0.29, 0.717) is 5.75 Å². The first-order valence-electron chi connectivity index (χ1n) is 5.68. The summed E-state index contributed by atoms with van der Waals surface area (Å²) in [5.41, 5.74) is 6.10. The molecule has 2 aromatic carbocycles. The van der Waals surface area contributed by atoms with Gasteiger partial charge in [0.25, 0.3) is 0 Å². The number of nitrogens with zero attached hydrogens (tertiary/aromatic N) is 1. The highest BCUT2D eigenvalue weighted by Gasteiger charge is 2.27. The molecule has 0 aliphatic rings. The summed E-state index contributed by atoms with van der Waals surface area (Å²) >= 11 is 1.60. The van der Waals surface area contributed by atoms with E-state index in [1.807, 2.05) is 60.7 Å². The largest absolute Gasteiger partial charge is 0.309 e. The zero-order valence-electron chi connectivity index (χ0n) is 9.91. The molecule has 2 rings (SSSR count). The third-order valence-electron chi connectivity index (χ3n) is 2.70. The van der Waals surface area contributed by atoms with Crippen molar-refractivity contribution >= 4 is 11.8 Å². The van der Waals surface area contributed by atoms with E-state index in [1.54, 1.807) is 11.8 Å². The van der Waals surface area contributed by atoms with Crippen molar-refractivity contribution in [3.8, 4) is 6.07 Å². The highest BCUT2D eigenvalue weighted by Crippen LogP contribution is 2.27. The van der Waals surface area contributed by atoms with E-state index in [2.05, 4.69) is 6.07 Å². The van der Waals surface area contributed by atoms with Crippen LogP contribution in [0.4, 0.5) is 0 Å². The molecule has 1 unspecified atom stereocenters. The van der Waals surface area contributed by atoms with Crippen molar-refractivity contribution in [1.29, 1.82) is 5.26 Å². The average molecular weight is 254 g/mol. The van der Waals surface area contributed by atoms with Crippen LogP contribution in [0.3, 0.4) is 0 Å². The maximum atomic E-state index is 9.33. The fraction of sp³-hybridized carbons (Fsp3) is 0.133. The minimum Gasteiger partial charge on any atom is -0.309 e. The van der Waals surface area contributed by atoms with Crippen molar-refractivity contribution in [1.82, 2.24) is 0 Å². The van der Waals surface area contributed by atoms with Gasteiger partial charge in [0, 0.05) is 10.6 Å². The van der Waals surface area contributed by atoms with E-state index in [9.17, 15) is 5.26 Å². The van der Waals surface area contributed by atoms with E-state index >= 15 is 0 Å². The summed E-state index contributed by atoms with van der Waals surface area (Å²) in [6, 6.07) is 21.7. The van der Waals surface area contributed by atoms with Crippen LogP contribution in [0.5, 0.6) is 0 Å². The molecule has 0 radical (unpaired) electrons. The van der Waals surface area contributed by atoms with Crippen molar-refractivity contribution in [3.05, 3.63) is 66.2 Å². The predicted octanol–water partition coefficient (Wildman–Crippen LogP) is 3.16. The Balaban J connectivity index is 2.13. The quantitative estimate of drug-likeness (QED) is 0.853. The van der Waals surface area contributed by atoms with Gasteiger partial charge in [-0.05, 0) is 17.7 Å². The molecule has 2 N–H and O–H groups in total. The molecule has 0 aliphatic carbocycles. The number of nitriles is 1. The average Bonchev–Trinajstić information content (AvgIpc) is 2.47. The van der Waals surface area contributed by atoms with Crippen molar-refractivity contribution in [2.75, 3.05) is 5.75 Å². The molecular formula is C15H14N2S. The molecule has 2 aromatic rings. The molecule has 2 nitrogen and oxygen atoms in total. The minimum absolute atomic E-state index is 0.539. The first kappa shape index (κ1) is 12.7. The van der Waals surface area contributed by atoms with Gasteiger partial charge in [-0.25, -0.2) is 0 Å². The second-order valence-electron chi connectivity index (χ2n) is 4.05. The molecule has 0 amide bonds. The summed E-state index contributed by atoms with van der Waals surface area (Å²) in [6.07, 6.45) is 0. The normalized spacial score (nSPS) is 13.6. The molecule has 90 valence electrons. The Morgan fingerprint density at radius 1 is 1.00 bits per heavy atom. The van der Waals surface area contributed by atoms with Gasteiger partial charge in [0.2, 0.25) is 0 Å². The molecule has 3 heteroatoms. The van der Waals surface area contributed by atoms with Crippen molar-refractivity contribution in [3.63, 3.8) is 0 Å². The lowest BCUT2D eigenvalue weighted by Gasteiger charge is -2.21. The van der Waals surface area contributed by atoms with Gasteiger partial charge < -0.3 is 5.73 Å². The summed E-state index contributed by atoms with van der Waals surface area (Å²) in [5.74, 6) is 0.539. The van der Waals surface area contributed by atoms with Crippen LogP contribution in [0.2, 0.25) is 0 Å². The van der Waals surface area contributed by atoms with Crippen LogP contribution in [0, 0.1) is 11.3 Å². The van der Waals surface area contributed by atoms with E-state index in [1.165, 1.54) is 0 Å². The number of thioether (sulfide) groups is 1. The topological polar surface area (TPSA) is 49.8 Å². The lowest BCUT2D eigenvalue weighted by molar-refractivity contribution is 0.659. The van der Waals surface area contributed by atoms with E-state index < -0.39 is 5.54 Å². The second kappa shape index (κ2) is 5.72. The van der Waals surface area contributed by atoms with Gasteiger partial charge in [0.15, 0.2) is 0 Å². The number of benzene rings is 2. The Morgan fingerprint density at radius 2 is 1.56 bits per heavy atom. The van der Waals surface area contributed by atoms with Gasteiger partial charge in [-0.15, -0.1) is 11.8 Å². The Bertz CT molecular complexity index is 533. The number of rotatable bonds is 4. The first-order valence-corrected chi connectivity index (χ1v) is 6.67. The Labute approximate surface area is 111 Å². The Morgan fingerprint density at radius 3 is 2.11 bits per heavy atom. The molecular weight excluding hydrogens is 240 g/mol. The highest BCUT2D eigenvalue weighted by atomic mass is 32.2. The summed E-state index contributed by atoms with van der Waals surface area (Å²) in [4.78, 5) is 1.12. The number of nitrogens with two attached hydrogens (primary N) is 1. The third-order valence-corrected chi connectivity index (χ3v) is 3.90. The lowest BCUT2D eigenvalue weighted by atomic mass is 9.95. The standard InChI is InChI=1S/C15H14N2S/c16-11-15(17,13-7-3-1-4-8-13)12-18-14-9-5-2-6-10-14/h1-10H,12,17H2. The zero-order valence-corrected chi connectivity index (χ0v) is 10.7. The van der Waals surface area contributed by atoms with Crippen molar-refractivity contribution < 1.29 is 0 Å². The van der Waals surface area contributed by atoms with Crippen LogP contribution in [-0.4, -0.2) is 5.75 Å². The van der Waals surface area contributed by atoms with E-state index in [4.69, 9.17) is 5.73 Å². The number of hydrogen-bond acceptors (Lipinski definition) is 3. The molecule has 1 atom stereocenters. The smallest absolute Gasteiger partial charge is 0.139 e. The maximum absolute atomic E-state index is 9.33. The van der Waals surface area contributed by atoms with Gasteiger partial charge in [-0.1, -0.05) is 48.5 Å². The van der Waals surface area contributed by atoms with Gasteiger partial charge in [0.05, 0.1) is 6.07 Å². The van der Waals surface area contributed by atoms with Crippen LogP contribution in [0.1, 0.15) is 5.56 Å². The van der Waals surface area contributed by atoms with Gasteiger partial charge in [-0.3, -0.25) is 0 Å². The van der Waals surface area contributed by atoms with Gasteiger partial charge in [-0.2, -0.15) is 5.26 Å². The monoisotopic (exact) mass is 254 g/mol. The molecule has 0 bridgehead atoms. The lowest BCUT2D eigenvalue weighted by Crippen LogP contribution is -2.37. The molecule has 18 heavy (non-hydrogen) atoms. The van der Waals surface area contributed by atoms with Crippen molar-refractivity contribution in [2.45, 2.75) is 10.4 Å². The van der Waals surface area contributed by atoms with Crippen molar-refractivity contribution in [2.24, 2.45) is 5.73 Å². The summed E-state index contributed by atoms with van der Waals surface area (Å²) < 4.78 is 0. The Kier molecular flexibility index (Phi) is 4.03. The molecule has 0 saturated heterocycles. The van der Waals surface area contributed by atoms with Gasteiger partial charge >= 0.3 is 0 Å². The summed E-state index contributed by atoms with van der Waals surface area (Å²) in [6.45, 7) is 0. The zero-order chi connectivity index (χ0) is 12.8. The van der Waals surface area contributed by atoms with Crippen LogP contribution in [0.25, 0.3) is 0 Å². The minimum atomic E-state index is -0.943. The first-order chi connectivity index (χ1) is 8.74. The van der Waals surface area contributed by atoms with Crippen LogP contribution < -0.4 is 5.73 Å². The molecule has 0 spiro atoms. The molecule has 0 aliphatic heterocycles. The molecule has 0 aromatic heterocycles. The van der Waals surface area contributed by atoms with E-state index in [0.717, 1.165) is 10.5 Å². The number of hydrogen-bond donors (Lipinski definition) is 1. The SMILES string of the molecule is N#CC(N)(CSc1ccccc1)c1ccccc1. The van der Waals surface area contributed by atoms with Crippen LogP contribution in [0.15, 0.2) is 65.6 Å². The predicted molar refractivity (Wildman–Crippen MR) is 75.1 cm³/mol. The van der Waals surface area contributed by atoms with Gasteiger partial charge in [0.1, 0.15) is 5.54 Å². The fourth-order valence-electron chi connectivity index (χ4n) is 1.63. The second-order valence-corrected chi connectivity index (χ2v) is 5.10. The maximum Gasteiger partial charge on any atom is 0.139 e. The van der Waals surface area contributed by atoms with E-state index in [-0.39, 0.29) is 0 Å². The molecule has 0 saturated carbocycles. The highest BCUT2D eigenvalue weighted by molar-refractivity contribution is 7.99. The van der Waals surface area contributed by atoms with Crippen LogP contribution >= 0.6 is 11.8 Å². The van der Waals surface area contributed by atoms with Crippen LogP contribution in [-0.2, 0) is 5.54 Å². The Hall–Kier alpha value is -1.76.